The normalized spacial score (nSPS) is 10.9. The molecule has 7 nitrogen and oxygen atoms in total. The average molecular weight is 312 g/mol. The SMILES string of the molecule is CCNC(=O)c1ccc2nn(-c3cc(CO)ccc3O)nc2c1. The van der Waals surface area contributed by atoms with Crippen molar-refractivity contribution in [1.29, 1.82) is 0 Å². The number of aromatic nitrogens is 3. The van der Waals surface area contributed by atoms with Crippen LogP contribution in [0.25, 0.3) is 16.7 Å². The summed E-state index contributed by atoms with van der Waals surface area (Å²) in [5.74, 6) is -0.166. The molecule has 0 aliphatic heterocycles. The number of fused-ring (bicyclic) bond motifs is 1. The van der Waals surface area contributed by atoms with E-state index in [-0.39, 0.29) is 18.3 Å². The third kappa shape index (κ3) is 2.86. The van der Waals surface area contributed by atoms with Crippen LogP contribution in [0.4, 0.5) is 0 Å². The highest BCUT2D eigenvalue weighted by atomic mass is 16.3. The highest BCUT2D eigenvalue weighted by Gasteiger charge is 2.12. The van der Waals surface area contributed by atoms with Gasteiger partial charge in [-0.2, -0.15) is 0 Å². The van der Waals surface area contributed by atoms with Gasteiger partial charge in [0.1, 0.15) is 22.5 Å². The first-order chi connectivity index (χ1) is 11.1. The molecule has 118 valence electrons. The number of amides is 1. The van der Waals surface area contributed by atoms with Gasteiger partial charge < -0.3 is 15.5 Å². The number of nitrogens with one attached hydrogen (secondary N) is 1. The molecule has 0 spiro atoms. The minimum absolute atomic E-state index is 0.00598. The van der Waals surface area contributed by atoms with Gasteiger partial charge in [0.25, 0.3) is 5.91 Å². The monoisotopic (exact) mass is 312 g/mol. The Kier molecular flexibility index (Phi) is 3.94. The minimum atomic E-state index is -0.172. The topological polar surface area (TPSA) is 100 Å². The van der Waals surface area contributed by atoms with Gasteiger partial charge in [-0.15, -0.1) is 15.0 Å². The molecule has 0 atom stereocenters. The highest BCUT2D eigenvalue weighted by Crippen LogP contribution is 2.23. The molecule has 1 heterocycles. The first-order valence-corrected chi connectivity index (χ1v) is 7.21. The number of rotatable bonds is 4. The van der Waals surface area contributed by atoms with Crippen LogP contribution in [-0.2, 0) is 6.61 Å². The van der Waals surface area contributed by atoms with Crippen molar-refractivity contribution in [2.75, 3.05) is 6.54 Å². The van der Waals surface area contributed by atoms with Gasteiger partial charge in [-0.3, -0.25) is 4.79 Å². The Morgan fingerprint density at radius 2 is 1.96 bits per heavy atom. The molecule has 0 bridgehead atoms. The van der Waals surface area contributed by atoms with Crippen LogP contribution in [0.2, 0.25) is 0 Å². The molecule has 0 saturated heterocycles. The molecule has 0 radical (unpaired) electrons. The fraction of sp³-hybridized carbons (Fsp3) is 0.188. The average Bonchev–Trinajstić information content (AvgIpc) is 2.98. The number of phenolic OH excluding ortho intramolecular Hbond substituents is 1. The van der Waals surface area contributed by atoms with Crippen molar-refractivity contribution in [3.05, 3.63) is 47.5 Å². The summed E-state index contributed by atoms with van der Waals surface area (Å²) in [6.07, 6.45) is 0. The predicted molar refractivity (Wildman–Crippen MR) is 84.5 cm³/mol. The van der Waals surface area contributed by atoms with E-state index >= 15 is 0 Å². The lowest BCUT2D eigenvalue weighted by atomic mass is 10.2. The fourth-order valence-corrected chi connectivity index (χ4v) is 2.25. The van der Waals surface area contributed by atoms with Crippen molar-refractivity contribution in [2.24, 2.45) is 0 Å². The predicted octanol–water partition coefficient (Wildman–Crippen LogP) is 1.37. The van der Waals surface area contributed by atoms with Crippen LogP contribution in [0.3, 0.4) is 0 Å². The van der Waals surface area contributed by atoms with E-state index < -0.39 is 0 Å². The van der Waals surface area contributed by atoms with E-state index in [1.54, 1.807) is 30.3 Å². The Bertz CT molecular complexity index is 873. The molecule has 1 amide bonds. The van der Waals surface area contributed by atoms with Gasteiger partial charge in [0, 0.05) is 12.1 Å². The van der Waals surface area contributed by atoms with E-state index in [1.807, 2.05) is 6.92 Å². The Hall–Kier alpha value is -2.93. The summed E-state index contributed by atoms with van der Waals surface area (Å²) >= 11 is 0. The maximum Gasteiger partial charge on any atom is 0.251 e. The summed E-state index contributed by atoms with van der Waals surface area (Å²) in [4.78, 5) is 13.2. The van der Waals surface area contributed by atoms with Gasteiger partial charge in [-0.25, -0.2) is 0 Å². The first kappa shape index (κ1) is 15.0. The number of aliphatic hydroxyl groups excluding tert-OH is 1. The molecule has 3 rings (SSSR count). The van der Waals surface area contributed by atoms with E-state index in [0.717, 1.165) is 0 Å². The summed E-state index contributed by atoms with van der Waals surface area (Å²) in [6, 6.07) is 9.74. The molecule has 0 aliphatic rings. The molecule has 23 heavy (non-hydrogen) atoms. The van der Waals surface area contributed by atoms with Crippen molar-refractivity contribution in [3.8, 4) is 11.4 Å². The van der Waals surface area contributed by atoms with Crippen LogP contribution in [0.1, 0.15) is 22.8 Å². The Balaban J connectivity index is 2.05. The largest absolute Gasteiger partial charge is 0.506 e. The fourth-order valence-electron chi connectivity index (χ4n) is 2.25. The maximum atomic E-state index is 11.9. The summed E-state index contributed by atoms with van der Waals surface area (Å²) in [5.41, 5.74) is 2.66. The summed E-state index contributed by atoms with van der Waals surface area (Å²) in [5, 5.41) is 30.5. The van der Waals surface area contributed by atoms with Gasteiger partial charge in [-0.05, 0) is 42.8 Å². The quantitative estimate of drug-likeness (QED) is 0.675. The van der Waals surface area contributed by atoms with Crippen molar-refractivity contribution in [2.45, 2.75) is 13.5 Å². The molecule has 0 aliphatic carbocycles. The Morgan fingerprint density at radius 1 is 1.17 bits per heavy atom. The maximum absolute atomic E-state index is 11.9. The molecule has 3 N–H and O–H groups in total. The molecule has 0 fully saturated rings. The van der Waals surface area contributed by atoms with Crippen LogP contribution >= 0.6 is 0 Å². The lowest BCUT2D eigenvalue weighted by molar-refractivity contribution is 0.0956. The van der Waals surface area contributed by atoms with Gasteiger partial charge in [0.05, 0.1) is 6.61 Å². The zero-order chi connectivity index (χ0) is 16.4. The summed E-state index contributed by atoms with van der Waals surface area (Å²) < 4.78 is 0. The Labute approximate surface area is 132 Å². The van der Waals surface area contributed by atoms with Gasteiger partial charge in [0.2, 0.25) is 0 Å². The molecule has 7 heteroatoms. The number of hydrogen-bond acceptors (Lipinski definition) is 5. The standard InChI is InChI=1S/C16H16N4O3/c1-2-17-16(23)11-4-5-12-13(8-11)19-20(18-12)14-7-10(9-21)3-6-15(14)22/h3-8,21-22H,2,9H2,1H3,(H,17,23). The van der Waals surface area contributed by atoms with Crippen LogP contribution in [0.5, 0.6) is 5.75 Å². The number of aliphatic hydroxyl groups is 1. The number of nitrogens with zero attached hydrogens (tertiary/aromatic N) is 3. The molecule has 0 saturated carbocycles. The van der Waals surface area contributed by atoms with Crippen molar-refractivity contribution >= 4 is 16.9 Å². The number of carbonyl (C=O) groups is 1. The number of hydrogen-bond donors (Lipinski definition) is 3. The lowest BCUT2D eigenvalue weighted by Crippen LogP contribution is -2.22. The van der Waals surface area contributed by atoms with Crippen LogP contribution in [-0.4, -0.2) is 37.7 Å². The van der Waals surface area contributed by atoms with Crippen molar-refractivity contribution in [3.63, 3.8) is 0 Å². The third-order valence-electron chi connectivity index (χ3n) is 3.42. The molecular weight excluding hydrogens is 296 g/mol. The number of phenols is 1. The summed E-state index contributed by atoms with van der Waals surface area (Å²) in [7, 11) is 0. The summed E-state index contributed by atoms with van der Waals surface area (Å²) in [6.45, 7) is 2.25. The smallest absolute Gasteiger partial charge is 0.251 e. The van der Waals surface area contributed by atoms with E-state index in [0.29, 0.717) is 34.4 Å². The lowest BCUT2D eigenvalue weighted by Gasteiger charge is -2.04. The second kappa shape index (κ2) is 6.05. The first-order valence-electron chi connectivity index (χ1n) is 7.21. The van der Waals surface area contributed by atoms with Crippen LogP contribution in [0, 0.1) is 0 Å². The highest BCUT2D eigenvalue weighted by molar-refractivity contribution is 5.97. The van der Waals surface area contributed by atoms with Crippen LogP contribution in [0.15, 0.2) is 36.4 Å². The number of benzene rings is 2. The minimum Gasteiger partial charge on any atom is -0.506 e. The molecule has 0 unspecified atom stereocenters. The molecular formula is C16H16N4O3. The van der Waals surface area contributed by atoms with Crippen LogP contribution < -0.4 is 5.32 Å². The molecule has 1 aromatic heterocycles. The van der Waals surface area contributed by atoms with Crippen molar-refractivity contribution in [1.82, 2.24) is 20.3 Å². The second-order valence-corrected chi connectivity index (χ2v) is 5.03. The number of aromatic hydroxyl groups is 1. The molecule has 2 aromatic carbocycles. The van der Waals surface area contributed by atoms with E-state index in [4.69, 9.17) is 0 Å². The van der Waals surface area contributed by atoms with E-state index in [2.05, 4.69) is 15.5 Å². The zero-order valence-corrected chi connectivity index (χ0v) is 12.5. The van der Waals surface area contributed by atoms with E-state index in [1.165, 1.54) is 10.9 Å². The van der Waals surface area contributed by atoms with Crippen molar-refractivity contribution < 1.29 is 15.0 Å². The van der Waals surface area contributed by atoms with Gasteiger partial charge in [0.15, 0.2) is 0 Å². The van der Waals surface area contributed by atoms with E-state index in [9.17, 15) is 15.0 Å². The second-order valence-electron chi connectivity index (χ2n) is 5.03. The third-order valence-corrected chi connectivity index (χ3v) is 3.42. The number of carbonyl (C=O) groups excluding carboxylic acids is 1. The van der Waals surface area contributed by atoms with Gasteiger partial charge in [-0.1, -0.05) is 6.07 Å². The van der Waals surface area contributed by atoms with Gasteiger partial charge >= 0.3 is 0 Å². The Morgan fingerprint density at radius 3 is 2.70 bits per heavy atom. The molecule has 3 aromatic rings. The zero-order valence-electron chi connectivity index (χ0n) is 12.5.